The number of nitrogens with one attached hydrogen (secondary N) is 1. The molecule has 0 aliphatic carbocycles. The van der Waals surface area contributed by atoms with E-state index in [9.17, 15) is 4.79 Å². The van der Waals surface area contributed by atoms with Crippen molar-refractivity contribution in [2.45, 2.75) is 18.9 Å². The number of benzene rings is 1. The molecule has 6 heteroatoms. The van der Waals surface area contributed by atoms with E-state index in [0.29, 0.717) is 23.8 Å². The molecule has 3 rings (SSSR count). The summed E-state index contributed by atoms with van der Waals surface area (Å²) in [4.78, 5) is 13.0. The maximum absolute atomic E-state index is 12.5. The predicted octanol–water partition coefficient (Wildman–Crippen LogP) is 3.15. The smallest absolute Gasteiger partial charge is 0.264 e. The third kappa shape index (κ3) is 2.32. The molecule has 1 aliphatic rings. The Kier molecular flexibility index (Phi) is 3.48. The Bertz CT molecular complexity index is 677. The first-order valence-corrected chi connectivity index (χ1v) is 7.98. The van der Waals surface area contributed by atoms with Crippen molar-refractivity contribution in [1.29, 1.82) is 0 Å². The average Bonchev–Trinajstić information content (AvgIpc) is 2.95. The summed E-state index contributed by atoms with van der Waals surface area (Å²) in [5.74, 6) is -0.122. The highest BCUT2D eigenvalue weighted by molar-refractivity contribution is 9.10. The summed E-state index contributed by atoms with van der Waals surface area (Å²) in [6.07, 6.45) is 0.827. The fourth-order valence-corrected chi connectivity index (χ4v) is 4.15. The van der Waals surface area contributed by atoms with Crippen molar-refractivity contribution in [3.63, 3.8) is 0 Å². The second-order valence-electron chi connectivity index (χ2n) is 5.28. The van der Waals surface area contributed by atoms with Crippen molar-refractivity contribution in [3.8, 4) is 0 Å². The zero-order chi connectivity index (χ0) is 14.3. The van der Waals surface area contributed by atoms with Gasteiger partial charge in [-0.3, -0.25) is 4.79 Å². The molecule has 0 spiro atoms. The maximum Gasteiger partial charge on any atom is 0.264 e. The molecule has 0 radical (unpaired) electrons. The molecule has 106 valence electrons. The van der Waals surface area contributed by atoms with Crippen LogP contribution in [-0.2, 0) is 4.74 Å². The highest BCUT2D eigenvalue weighted by atomic mass is 79.9. The predicted molar refractivity (Wildman–Crippen MR) is 85.2 cm³/mol. The molecule has 1 aliphatic heterocycles. The number of ether oxygens (including phenoxy) is 1. The van der Waals surface area contributed by atoms with Crippen LogP contribution < -0.4 is 11.1 Å². The second kappa shape index (κ2) is 5.02. The Morgan fingerprint density at radius 1 is 1.55 bits per heavy atom. The summed E-state index contributed by atoms with van der Waals surface area (Å²) in [5.41, 5.74) is 6.39. The van der Waals surface area contributed by atoms with Gasteiger partial charge >= 0.3 is 0 Å². The lowest BCUT2D eigenvalue weighted by Crippen LogP contribution is -2.46. The lowest BCUT2D eigenvalue weighted by Gasteiger charge is -2.23. The van der Waals surface area contributed by atoms with Crippen LogP contribution >= 0.6 is 27.3 Å². The number of amides is 1. The van der Waals surface area contributed by atoms with Crippen LogP contribution in [0.1, 0.15) is 23.0 Å². The fraction of sp³-hybridized carbons (Fsp3) is 0.357. The Labute approximate surface area is 129 Å². The van der Waals surface area contributed by atoms with Gasteiger partial charge in [-0.1, -0.05) is 22.0 Å². The fourth-order valence-electron chi connectivity index (χ4n) is 2.39. The van der Waals surface area contributed by atoms with Gasteiger partial charge < -0.3 is 15.8 Å². The van der Waals surface area contributed by atoms with Crippen molar-refractivity contribution in [3.05, 3.63) is 27.5 Å². The number of fused-ring (bicyclic) bond motifs is 1. The summed E-state index contributed by atoms with van der Waals surface area (Å²) in [5, 5.41) is 3.96. The minimum Gasteiger partial charge on any atom is -0.397 e. The number of hydrogen-bond donors (Lipinski definition) is 2. The standard InChI is InChI=1S/C14H15BrN2O2S/c1-14(5-6-19-7-14)17-13(18)12-11(16)10-8(15)3-2-4-9(10)20-12/h2-4H,5-7,16H2,1H3,(H,17,18). The van der Waals surface area contributed by atoms with Crippen molar-refractivity contribution in [2.24, 2.45) is 0 Å². The second-order valence-corrected chi connectivity index (χ2v) is 7.18. The molecule has 4 nitrogen and oxygen atoms in total. The lowest BCUT2D eigenvalue weighted by molar-refractivity contribution is 0.0895. The van der Waals surface area contributed by atoms with Crippen molar-refractivity contribution < 1.29 is 9.53 Å². The molecule has 1 atom stereocenters. The van der Waals surface area contributed by atoms with Crippen molar-refractivity contribution in [2.75, 3.05) is 18.9 Å². The van der Waals surface area contributed by atoms with Gasteiger partial charge in [0.2, 0.25) is 0 Å². The van der Waals surface area contributed by atoms with Gasteiger partial charge in [-0.2, -0.15) is 0 Å². The van der Waals surface area contributed by atoms with Crippen molar-refractivity contribution in [1.82, 2.24) is 5.32 Å². The van der Waals surface area contributed by atoms with E-state index in [1.54, 1.807) is 0 Å². The summed E-state index contributed by atoms with van der Waals surface area (Å²) in [6, 6.07) is 5.84. The highest BCUT2D eigenvalue weighted by Gasteiger charge is 2.32. The summed E-state index contributed by atoms with van der Waals surface area (Å²) in [7, 11) is 0. The van der Waals surface area contributed by atoms with E-state index >= 15 is 0 Å². The number of thiophene rings is 1. The first kappa shape index (κ1) is 13.9. The van der Waals surface area contributed by atoms with Gasteiger partial charge in [-0.15, -0.1) is 11.3 Å². The van der Waals surface area contributed by atoms with Crippen LogP contribution in [0.3, 0.4) is 0 Å². The normalized spacial score (nSPS) is 22.3. The van der Waals surface area contributed by atoms with E-state index < -0.39 is 0 Å². The van der Waals surface area contributed by atoms with Crippen LogP contribution in [0, 0.1) is 0 Å². The first-order chi connectivity index (χ1) is 9.50. The van der Waals surface area contributed by atoms with Gasteiger partial charge in [0.05, 0.1) is 17.8 Å². The number of carbonyl (C=O) groups is 1. The molecule has 0 bridgehead atoms. The molecule has 1 aromatic heterocycles. The molecule has 1 saturated heterocycles. The van der Waals surface area contributed by atoms with E-state index in [1.807, 2.05) is 25.1 Å². The Morgan fingerprint density at radius 3 is 3.00 bits per heavy atom. The molecule has 1 fully saturated rings. The first-order valence-electron chi connectivity index (χ1n) is 6.37. The van der Waals surface area contributed by atoms with E-state index in [1.165, 1.54) is 11.3 Å². The number of rotatable bonds is 2. The number of nitrogens with two attached hydrogens (primary N) is 1. The molecule has 1 amide bonds. The largest absolute Gasteiger partial charge is 0.397 e. The Balaban J connectivity index is 1.96. The molecule has 1 aromatic carbocycles. The summed E-state index contributed by atoms with van der Waals surface area (Å²) < 4.78 is 7.28. The monoisotopic (exact) mass is 354 g/mol. The molecule has 1 unspecified atom stereocenters. The maximum atomic E-state index is 12.5. The van der Waals surface area contributed by atoms with E-state index in [-0.39, 0.29) is 11.4 Å². The van der Waals surface area contributed by atoms with Gasteiger partial charge in [0.25, 0.3) is 5.91 Å². The molecule has 2 aromatic rings. The van der Waals surface area contributed by atoms with E-state index in [4.69, 9.17) is 10.5 Å². The number of halogens is 1. The minimum absolute atomic E-state index is 0.122. The van der Waals surface area contributed by atoms with E-state index in [0.717, 1.165) is 21.0 Å². The van der Waals surface area contributed by atoms with E-state index in [2.05, 4.69) is 21.2 Å². The third-order valence-corrected chi connectivity index (χ3v) is 5.37. The topological polar surface area (TPSA) is 64.4 Å². The molecule has 3 N–H and O–H groups in total. The molecular weight excluding hydrogens is 340 g/mol. The van der Waals surface area contributed by atoms with Crippen LogP contribution in [0.25, 0.3) is 10.1 Å². The number of nitrogen functional groups attached to an aromatic ring is 1. The Morgan fingerprint density at radius 2 is 2.35 bits per heavy atom. The van der Waals surface area contributed by atoms with Gasteiger partial charge in [0.15, 0.2) is 0 Å². The molecule has 20 heavy (non-hydrogen) atoms. The Hall–Kier alpha value is -1.11. The van der Waals surface area contributed by atoms with Gasteiger partial charge in [-0.05, 0) is 25.5 Å². The number of carbonyl (C=O) groups excluding carboxylic acids is 1. The SMILES string of the molecule is CC1(NC(=O)c2sc3cccc(Br)c3c2N)CCOC1. The van der Waals surface area contributed by atoms with Crippen LogP contribution in [0.5, 0.6) is 0 Å². The van der Waals surface area contributed by atoms with Gasteiger partial charge in [0, 0.05) is 21.2 Å². The zero-order valence-electron chi connectivity index (χ0n) is 11.0. The average molecular weight is 355 g/mol. The van der Waals surface area contributed by atoms with Crippen LogP contribution in [0.2, 0.25) is 0 Å². The zero-order valence-corrected chi connectivity index (χ0v) is 13.4. The summed E-state index contributed by atoms with van der Waals surface area (Å²) in [6.45, 7) is 3.23. The molecule has 0 saturated carbocycles. The summed E-state index contributed by atoms with van der Waals surface area (Å²) >= 11 is 4.90. The quantitative estimate of drug-likeness (QED) is 0.870. The van der Waals surface area contributed by atoms with Crippen LogP contribution in [0.15, 0.2) is 22.7 Å². The van der Waals surface area contributed by atoms with Crippen LogP contribution in [-0.4, -0.2) is 24.7 Å². The minimum atomic E-state index is -0.295. The molecule has 2 heterocycles. The van der Waals surface area contributed by atoms with Gasteiger partial charge in [-0.25, -0.2) is 0 Å². The van der Waals surface area contributed by atoms with Gasteiger partial charge in [0.1, 0.15) is 4.88 Å². The number of anilines is 1. The van der Waals surface area contributed by atoms with Crippen molar-refractivity contribution >= 4 is 48.9 Å². The lowest BCUT2D eigenvalue weighted by atomic mass is 10.0. The third-order valence-electron chi connectivity index (χ3n) is 3.54. The van der Waals surface area contributed by atoms with Crippen LogP contribution in [0.4, 0.5) is 5.69 Å². The number of hydrogen-bond acceptors (Lipinski definition) is 4. The highest BCUT2D eigenvalue weighted by Crippen LogP contribution is 2.38. The molecular formula is C14H15BrN2O2S.